The second kappa shape index (κ2) is 6.15. The number of hydrogen-bond acceptors (Lipinski definition) is 2. The molecule has 106 valence electrons. The maximum absolute atomic E-state index is 9.52. The molecule has 0 N–H and O–H groups in total. The maximum Gasteiger partial charge on any atom is 0.126 e. The molecule has 0 aliphatic heterocycles. The van der Waals surface area contributed by atoms with Gasteiger partial charge < -0.3 is 4.74 Å². The first-order valence-electron chi connectivity index (χ1n) is 7.06. The molecular weight excluding hydrogens is 270 g/mol. The van der Waals surface area contributed by atoms with Crippen LogP contribution in [0.3, 0.4) is 0 Å². The van der Waals surface area contributed by atoms with Crippen molar-refractivity contribution in [1.29, 1.82) is 5.26 Å². The van der Waals surface area contributed by atoms with E-state index in [0.29, 0.717) is 5.57 Å². The fourth-order valence-corrected chi connectivity index (χ4v) is 2.54. The first-order chi connectivity index (χ1) is 10.8. The van der Waals surface area contributed by atoms with Crippen LogP contribution in [0.1, 0.15) is 11.1 Å². The van der Waals surface area contributed by atoms with Gasteiger partial charge in [-0.15, -0.1) is 0 Å². The summed E-state index contributed by atoms with van der Waals surface area (Å²) in [6.45, 7) is 0. The molecule has 0 amide bonds. The Kier molecular flexibility index (Phi) is 3.89. The molecule has 0 saturated heterocycles. The minimum atomic E-state index is 0.621. The molecule has 2 heteroatoms. The Morgan fingerprint density at radius 3 is 2.41 bits per heavy atom. The molecule has 0 atom stereocenters. The molecule has 0 unspecified atom stereocenters. The van der Waals surface area contributed by atoms with Crippen molar-refractivity contribution < 1.29 is 4.74 Å². The van der Waals surface area contributed by atoms with E-state index in [2.05, 4.69) is 12.1 Å². The van der Waals surface area contributed by atoms with Gasteiger partial charge in [0, 0.05) is 5.56 Å². The monoisotopic (exact) mass is 285 g/mol. The molecule has 0 heterocycles. The number of rotatable bonds is 3. The standard InChI is InChI=1S/C20H15NO/c1-22-20-12-11-16-9-5-6-10-18(16)19(20)13-17(14-21)15-7-3-2-4-8-15/h2-13H,1H3. The Balaban J connectivity index is 2.25. The van der Waals surface area contributed by atoms with Gasteiger partial charge in [0.25, 0.3) is 0 Å². The molecule has 3 rings (SSSR count). The molecule has 0 aromatic heterocycles. The van der Waals surface area contributed by atoms with Gasteiger partial charge in [0.15, 0.2) is 0 Å². The molecule has 0 aliphatic carbocycles. The third-order valence-corrected chi connectivity index (χ3v) is 3.64. The van der Waals surface area contributed by atoms with Crippen LogP contribution in [-0.4, -0.2) is 7.11 Å². The van der Waals surface area contributed by atoms with Crippen LogP contribution in [0.5, 0.6) is 5.75 Å². The summed E-state index contributed by atoms with van der Waals surface area (Å²) in [5, 5.41) is 11.7. The van der Waals surface area contributed by atoms with Crippen LogP contribution in [0.15, 0.2) is 66.7 Å². The number of hydrogen-bond donors (Lipinski definition) is 0. The van der Waals surface area contributed by atoms with E-state index in [0.717, 1.165) is 27.6 Å². The minimum absolute atomic E-state index is 0.621. The summed E-state index contributed by atoms with van der Waals surface area (Å²) < 4.78 is 5.48. The second-order valence-electron chi connectivity index (χ2n) is 4.94. The number of fused-ring (bicyclic) bond motifs is 1. The number of nitriles is 1. The van der Waals surface area contributed by atoms with E-state index < -0.39 is 0 Å². The number of allylic oxidation sites excluding steroid dienone is 1. The Bertz CT molecular complexity index is 873. The predicted molar refractivity (Wildman–Crippen MR) is 90.4 cm³/mol. The topological polar surface area (TPSA) is 33.0 Å². The Morgan fingerprint density at radius 2 is 1.68 bits per heavy atom. The molecule has 22 heavy (non-hydrogen) atoms. The molecule has 0 fully saturated rings. The highest BCUT2D eigenvalue weighted by Gasteiger charge is 2.08. The average molecular weight is 285 g/mol. The van der Waals surface area contributed by atoms with E-state index in [1.54, 1.807) is 7.11 Å². The molecule has 0 spiro atoms. The van der Waals surface area contributed by atoms with Crippen molar-refractivity contribution in [2.24, 2.45) is 0 Å². The summed E-state index contributed by atoms with van der Waals surface area (Å²) >= 11 is 0. The largest absolute Gasteiger partial charge is 0.496 e. The number of methoxy groups -OCH3 is 1. The SMILES string of the molecule is COc1ccc2ccccc2c1C=C(C#N)c1ccccc1. The summed E-state index contributed by atoms with van der Waals surface area (Å²) in [4.78, 5) is 0. The number of nitrogens with zero attached hydrogens (tertiary/aromatic N) is 1. The van der Waals surface area contributed by atoms with Crippen molar-refractivity contribution in [3.8, 4) is 11.8 Å². The van der Waals surface area contributed by atoms with Crippen LogP contribution >= 0.6 is 0 Å². The lowest BCUT2D eigenvalue weighted by molar-refractivity contribution is 0.414. The van der Waals surface area contributed by atoms with Crippen molar-refractivity contribution in [2.45, 2.75) is 0 Å². The smallest absolute Gasteiger partial charge is 0.126 e. The van der Waals surface area contributed by atoms with Gasteiger partial charge in [0.1, 0.15) is 5.75 Å². The van der Waals surface area contributed by atoms with Gasteiger partial charge in [-0.2, -0.15) is 5.26 Å². The lowest BCUT2D eigenvalue weighted by Crippen LogP contribution is -1.90. The lowest BCUT2D eigenvalue weighted by Gasteiger charge is -2.10. The summed E-state index contributed by atoms with van der Waals surface area (Å²) in [6.07, 6.45) is 1.90. The third kappa shape index (κ3) is 2.57. The molecule has 0 radical (unpaired) electrons. The Hall–Kier alpha value is -3.05. The van der Waals surface area contributed by atoms with Crippen LogP contribution in [0.2, 0.25) is 0 Å². The normalized spacial score (nSPS) is 11.2. The van der Waals surface area contributed by atoms with Gasteiger partial charge in [-0.3, -0.25) is 0 Å². The maximum atomic E-state index is 9.52. The fraction of sp³-hybridized carbons (Fsp3) is 0.0500. The van der Waals surface area contributed by atoms with Crippen LogP contribution in [0.25, 0.3) is 22.4 Å². The third-order valence-electron chi connectivity index (χ3n) is 3.64. The molecule has 3 aromatic carbocycles. The Labute approximate surface area is 129 Å². The summed E-state index contributed by atoms with van der Waals surface area (Å²) in [5.74, 6) is 0.766. The van der Waals surface area contributed by atoms with Crippen LogP contribution in [0, 0.1) is 11.3 Å². The summed E-state index contributed by atoms with van der Waals surface area (Å²) in [5.41, 5.74) is 2.45. The first kappa shape index (κ1) is 13.9. The highest BCUT2D eigenvalue weighted by atomic mass is 16.5. The van der Waals surface area contributed by atoms with E-state index in [4.69, 9.17) is 4.74 Å². The first-order valence-corrected chi connectivity index (χ1v) is 7.06. The lowest BCUT2D eigenvalue weighted by atomic mass is 9.99. The number of ether oxygens (including phenoxy) is 1. The van der Waals surface area contributed by atoms with Gasteiger partial charge in [-0.1, -0.05) is 60.7 Å². The van der Waals surface area contributed by atoms with E-state index in [1.807, 2.05) is 66.7 Å². The highest BCUT2D eigenvalue weighted by molar-refractivity contribution is 6.00. The van der Waals surface area contributed by atoms with Gasteiger partial charge in [-0.25, -0.2) is 0 Å². The van der Waals surface area contributed by atoms with Crippen molar-refractivity contribution >= 4 is 22.4 Å². The van der Waals surface area contributed by atoms with E-state index in [9.17, 15) is 5.26 Å². The highest BCUT2D eigenvalue weighted by Crippen LogP contribution is 2.31. The zero-order chi connectivity index (χ0) is 15.4. The minimum Gasteiger partial charge on any atom is -0.496 e. The zero-order valence-electron chi connectivity index (χ0n) is 12.3. The van der Waals surface area contributed by atoms with Crippen molar-refractivity contribution in [3.05, 3.63) is 77.9 Å². The van der Waals surface area contributed by atoms with Crippen molar-refractivity contribution in [3.63, 3.8) is 0 Å². The Morgan fingerprint density at radius 1 is 0.955 bits per heavy atom. The van der Waals surface area contributed by atoms with Gasteiger partial charge in [0.05, 0.1) is 18.8 Å². The second-order valence-corrected chi connectivity index (χ2v) is 4.94. The fourth-order valence-electron chi connectivity index (χ4n) is 2.54. The van der Waals surface area contributed by atoms with Crippen molar-refractivity contribution in [1.82, 2.24) is 0 Å². The molecule has 0 bridgehead atoms. The predicted octanol–water partition coefficient (Wildman–Crippen LogP) is 4.91. The molecule has 0 aliphatic rings. The summed E-state index contributed by atoms with van der Waals surface area (Å²) in [6, 6.07) is 24.0. The van der Waals surface area contributed by atoms with Gasteiger partial charge in [0.2, 0.25) is 0 Å². The van der Waals surface area contributed by atoms with Crippen LogP contribution < -0.4 is 4.74 Å². The number of benzene rings is 3. The quantitative estimate of drug-likeness (QED) is 0.506. The zero-order valence-corrected chi connectivity index (χ0v) is 12.3. The molecule has 0 saturated carbocycles. The van der Waals surface area contributed by atoms with Crippen LogP contribution in [-0.2, 0) is 0 Å². The van der Waals surface area contributed by atoms with Crippen molar-refractivity contribution in [2.75, 3.05) is 7.11 Å². The molecule has 3 aromatic rings. The average Bonchev–Trinajstić information content (AvgIpc) is 2.60. The van der Waals surface area contributed by atoms with Gasteiger partial charge >= 0.3 is 0 Å². The molecule has 2 nitrogen and oxygen atoms in total. The van der Waals surface area contributed by atoms with Gasteiger partial charge in [-0.05, 0) is 28.5 Å². The van der Waals surface area contributed by atoms with E-state index >= 15 is 0 Å². The summed E-state index contributed by atoms with van der Waals surface area (Å²) in [7, 11) is 1.65. The van der Waals surface area contributed by atoms with Crippen LogP contribution in [0.4, 0.5) is 0 Å². The van der Waals surface area contributed by atoms with E-state index in [1.165, 1.54) is 0 Å². The molecular formula is C20H15NO. The van der Waals surface area contributed by atoms with E-state index in [-0.39, 0.29) is 0 Å².